The number of nitrogens with zero attached hydrogens (tertiary/aromatic N) is 2. The highest BCUT2D eigenvalue weighted by Gasteiger charge is 2.34. The fraction of sp³-hybridized carbons (Fsp3) is 0.667. The molecule has 0 radical (unpaired) electrons. The molecule has 0 aliphatic carbocycles. The lowest BCUT2D eigenvalue weighted by Gasteiger charge is -2.36. The van der Waals surface area contributed by atoms with Crippen LogP contribution in [0.1, 0.15) is 24.8 Å². The summed E-state index contributed by atoms with van der Waals surface area (Å²) in [6.45, 7) is 0.771. The summed E-state index contributed by atoms with van der Waals surface area (Å²) in [6, 6.07) is 1.65. The van der Waals surface area contributed by atoms with E-state index in [-0.39, 0.29) is 12.6 Å². The highest BCUT2D eigenvalue weighted by atomic mass is 32.2. The maximum Gasteiger partial charge on any atom is 0.282 e. The van der Waals surface area contributed by atoms with Gasteiger partial charge in [-0.25, -0.2) is 0 Å². The van der Waals surface area contributed by atoms with E-state index in [2.05, 4.69) is 0 Å². The molecule has 1 saturated heterocycles. The van der Waals surface area contributed by atoms with Crippen molar-refractivity contribution in [2.75, 3.05) is 20.2 Å². The quantitative estimate of drug-likeness (QED) is 0.891. The number of thiophene rings is 1. The van der Waals surface area contributed by atoms with Crippen molar-refractivity contribution in [2.24, 2.45) is 0 Å². The van der Waals surface area contributed by atoms with Gasteiger partial charge in [-0.15, -0.1) is 0 Å². The van der Waals surface area contributed by atoms with Crippen molar-refractivity contribution in [3.8, 4) is 0 Å². The lowest BCUT2D eigenvalue weighted by molar-refractivity contribution is 0.149. The third-order valence-corrected chi connectivity index (χ3v) is 6.18. The van der Waals surface area contributed by atoms with E-state index >= 15 is 0 Å². The molecule has 2 rings (SSSR count). The van der Waals surface area contributed by atoms with Crippen molar-refractivity contribution in [2.45, 2.75) is 31.8 Å². The standard InChI is InChI=1S/C12H20N2O3S2/c1-13(8-11-5-7-18-10-11)19(16,17)14-6-3-2-4-12(14)9-15/h5,7,10,12,15H,2-4,6,8-9H2,1H3. The summed E-state index contributed by atoms with van der Waals surface area (Å²) in [4.78, 5) is 0. The molecule has 1 atom stereocenters. The van der Waals surface area contributed by atoms with Crippen LogP contribution in [0.25, 0.3) is 0 Å². The molecule has 1 unspecified atom stereocenters. The molecule has 1 fully saturated rings. The highest BCUT2D eigenvalue weighted by molar-refractivity contribution is 7.86. The average molecular weight is 304 g/mol. The van der Waals surface area contributed by atoms with Crippen LogP contribution in [0.4, 0.5) is 0 Å². The largest absolute Gasteiger partial charge is 0.395 e. The topological polar surface area (TPSA) is 60.9 Å². The number of hydrogen-bond acceptors (Lipinski definition) is 4. The molecule has 1 aliphatic rings. The normalized spacial score (nSPS) is 21.9. The summed E-state index contributed by atoms with van der Waals surface area (Å²) in [5.41, 5.74) is 0.994. The van der Waals surface area contributed by atoms with Gasteiger partial charge in [0.25, 0.3) is 10.2 Å². The number of aliphatic hydroxyl groups is 1. The second-order valence-corrected chi connectivity index (χ2v) is 7.61. The van der Waals surface area contributed by atoms with Gasteiger partial charge in [-0.2, -0.15) is 28.4 Å². The molecule has 108 valence electrons. The van der Waals surface area contributed by atoms with Gasteiger partial charge >= 0.3 is 0 Å². The molecule has 0 amide bonds. The fourth-order valence-electron chi connectivity index (χ4n) is 2.36. The lowest BCUT2D eigenvalue weighted by atomic mass is 10.1. The van der Waals surface area contributed by atoms with E-state index in [1.54, 1.807) is 18.4 Å². The second-order valence-electron chi connectivity index (χ2n) is 4.84. The van der Waals surface area contributed by atoms with Gasteiger partial charge in [-0.3, -0.25) is 0 Å². The van der Waals surface area contributed by atoms with Crippen molar-refractivity contribution in [3.05, 3.63) is 22.4 Å². The van der Waals surface area contributed by atoms with Gasteiger partial charge < -0.3 is 5.11 Å². The lowest BCUT2D eigenvalue weighted by Crippen LogP contribution is -2.50. The first kappa shape index (κ1) is 14.9. The third kappa shape index (κ3) is 3.35. The SMILES string of the molecule is CN(Cc1ccsc1)S(=O)(=O)N1CCCCC1CO. The Bertz CT molecular complexity index is 487. The van der Waals surface area contributed by atoms with Crippen LogP contribution in [0.15, 0.2) is 16.8 Å². The van der Waals surface area contributed by atoms with Gasteiger partial charge in [0.15, 0.2) is 0 Å². The maximum atomic E-state index is 12.5. The highest BCUT2D eigenvalue weighted by Crippen LogP contribution is 2.23. The van der Waals surface area contributed by atoms with Crippen molar-refractivity contribution in [1.29, 1.82) is 0 Å². The van der Waals surface area contributed by atoms with E-state index in [0.29, 0.717) is 13.1 Å². The summed E-state index contributed by atoms with van der Waals surface area (Å²) in [5.74, 6) is 0. The molecule has 1 N–H and O–H groups in total. The Morgan fingerprint density at radius 3 is 2.95 bits per heavy atom. The Hall–Kier alpha value is -0.470. The summed E-state index contributed by atoms with van der Waals surface area (Å²) < 4.78 is 27.9. The summed E-state index contributed by atoms with van der Waals surface area (Å²) >= 11 is 1.56. The number of piperidine rings is 1. The van der Waals surface area contributed by atoms with Crippen LogP contribution < -0.4 is 0 Å². The first-order valence-electron chi connectivity index (χ1n) is 6.40. The second kappa shape index (κ2) is 6.32. The van der Waals surface area contributed by atoms with Crippen LogP contribution in [0, 0.1) is 0 Å². The van der Waals surface area contributed by atoms with Crippen molar-refractivity contribution >= 4 is 21.5 Å². The predicted molar refractivity (Wildman–Crippen MR) is 76.1 cm³/mol. The molecule has 0 bridgehead atoms. The van der Waals surface area contributed by atoms with Gasteiger partial charge in [0.2, 0.25) is 0 Å². The zero-order chi connectivity index (χ0) is 13.9. The van der Waals surface area contributed by atoms with Crippen LogP contribution in [0.3, 0.4) is 0 Å². The fourth-order valence-corrected chi connectivity index (χ4v) is 4.60. The Kier molecular flexibility index (Phi) is 4.97. The van der Waals surface area contributed by atoms with Crippen LogP contribution in [0.5, 0.6) is 0 Å². The monoisotopic (exact) mass is 304 g/mol. The van der Waals surface area contributed by atoms with E-state index in [4.69, 9.17) is 0 Å². The molecule has 0 saturated carbocycles. The van der Waals surface area contributed by atoms with E-state index < -0.39 is 10.2 Å². The molecule has 0 aromatic carbocycles. The molecular weight excluding hydrogens is 284 g/mol. The molecule has 1 aromatic rings. The smallest absolute Gasteiger partial charge is 0.282 e. The van der Waals surface area contributed by atoms with Gasteiger partial charge in [-0.1, -0.05) is 6.42 Å². The van der Waals surface area contributed by atoms with E-state index in [1.807, 2.05) is 16.8 Å². The van der Waals surface area contributed by atoms with E-state index in [9.17, 15) is 13.5 Å². The average Bonchev–Trinajstić information content (AvgIpc) is 2.91. The Labute approximate surface area is 118 Å². The molecular formula is C12H20N2O3S2. The number of rotatable bonds is 5. The van der Waals surface area contributed by atoms with Crippen LogP contribution in [-0.2, 0) is 16.8 Å². The molecule has 19 heavy (non-hydrogen) atoms. The summed E-state index contributed by atoms with van der Waals surface area (Å²) in [6.07, 6.45) is 2.58. The minimum Gasteiger partial charge on any atom is -0.395 e. The number of aliphatic hydroxyl groups excluding tert-OH is 1. The van der Waals surface area contributed by atoms with Gasteiger partial charge in [0.05, 0.1) is 6.61 Å². The Morgan fingerprint density at radius 2 is 2.32 bits per heavy atom. The third-order valence-electron chi connectivity index (χ3n) is 3.46. The first-order chi connectivity index (χ1) is 9.05. The van der Waals surface area contributed by atoms with E-state index in [1.165, 1.54) is 8.61 Å². The Morgan fingerprint density at radius 1 is 1.53 bits per heavy atom. The van der Waals surface area contributed by atoms with Crippen molar-refractivity contribution in [1.82, 2.24) is 8.61 Å². The van der Waals surface area contributed by atoms with E-state index in [0.717, 1.165) is 24.8 Å². The molecule has 2 heterocycles. The minimum atomic E-state index is -3.49. The predicted octanol–water partition coefficient (Wildman–Crippen LogP) is 1.27. The van der Waals surface area contributed by atoms with Gasteiger partial charge in [0.1, 0.15) is 0 Å². The maximum absolute atomic E-state index is 12.5. The van der Waals surface area contributed by atoms with Gasteiger partial charge in [0, 0.05) is 26.2 Å². The number of hydrogen-bond donors (Lipinski definition) is 1. The molecule has 1 aliphatic heterocycles. The zero-order valence-corrected chi connectivity index (χ0v) is 12.7. The zero-order valence-electron chi connectivity index (χ0n) is 11.0. The first-order valence-corrected chi connectivity index (χ1v) is 8.74. The Balaban J connectivity index is 2.11. The summed E-state index contributed by atoms with van der Waals surface area (Å²) in [5, 5.41) is 13.2. The van der Waals surface area contributed by atoms with Gasteiger partial charge in [-0.05, 0) is 35.2 Å². The summed E-state index contributed by atoms with van der Waals surface area (Å²) in [7, 11) is -1.89. The minimum absolute atomic E-state index is 0.106. The molecule has 1 aromatic heterocycles. The van der Waals surface area contributed by atoms with Crippen molar-refractivity contribution in [3.63, 3.8) is 0 Å². The molecule has 5 nitrogen and oxygen atoms in total. The molecule has 7 heteroatoms. The van der Waals surface area contributed by atoms with Crippen LogP contribution >= 0.6 is 11.3 Å². The van der Waals surface area contributed by atoms with Crippen LogP contribution in [-0.4, -0.2) is 48.4 Å². The van der Waals surface area contributed by atoms with Crippen molar-refractivity contribution < 1.29 is 13.5 Å². The molecule has 0 spiro atoms. The van der Waals surface area contributed by atoms with Crippen LogP contribution in [0.2, 0.25) is 0 Å².